The third-order valence-corrected chi connectivity index (χ3v) is 6.58. The normalized spacial score (nSPS) is 12.9. The quantitative estimate of drug-likeness (QED) is 0.427. The van der Waals surface area contributed by atoms with Crippen molar-refractivity contribution < 1.29 is 22.4 Å². The summed E-state index contributed by atoms with van der Waals surface area (Å²) in [5, 5.41) is 3.41. The van der Waals surface area contributed by atoms with E-state index in [2.05, 4.69) is 10.0 Å². The lowest BCUT2D eigenvalue weighted by Crippen LogP contribution is -2.50. The fourth-order valence-electron chi connectivity index (χ4n) is 3.69. The smallest absolute Gasteiger partial charge is 0.241 e. The predicted octanol–water partition coefficient (Wildman–Crippen LogP) is 3.53. The van der Waals surface area contributed by atoms with E-state index in [0.717, 1.165) is 0 Å². The largest absolute Gasteiger partial charge is 0.464 e. The van der Waals surface area contributed by atoms with Gasteiger partial charge >= 0.3 is 0 Å². The zero-order valence-corrected chi connectivity index (χ0v) is 21.1. The molecule has 1 atom stereocenters. The van der Waals surface area contributed by atoms with Crippen LogP contribution in [0.1, 0.15) is 53.9 Å². The number of rotatable bonds is 13. The molecule has 1 aromatic carbocycles. The number of nitrogens with one attached hydrogen (secondary N) is 2. The van der Waals surface area contributed by atoms with Gasteiger partial charge in [-0.15, -0.1) is 0 Å². The Morgan fingerprint density at radius 1 is 1.03 bits per heavy atom. The number of furan rings is 1. The fraction of sp³-hybridized carbons (Fsp3) is 0.583. The van der Waals surface area contributed by atoms with Gasteiger partial charge in [0.2, 0.25) is 21.8 Å². The van der Waals surface area contributed by atoms with Crippen LogP contribution < -0.4 is 10.0 Å². The maximum atomic E-state index is 13.5. The number of hydrogen-bond donors (Lipinski definition) is 2. The maximum absolute atomic E-state index is 13.5. The van der Waals surface area contributed by atoms with Crippen molar-refractivity contribution in [3.63, 3.8) is 0 Å². The molecule has 0 bridgehead atoms. The third kappa shape index (κ3) is 8.47. The van der Waals surface area contributed by atoms with E-state index < -0.39 is 16.1 Å². The van der Waals surface area contributed by atoms with Gasteiger partial charge < -0.3 is 14.6 Å². The van der Waals surface area contributed by atoms with Gasteiger partial charge in [0.15, 0.2) is 0 Å². The van der Waals surface area contributed by atoms with Crippen molar-refractivity contribution in [3.8, 4) is 0 Å². The van der Waals surface area contributed by atoms with Crippen LogP contribution in [0.4, 0.5) is 0 Å². The molecule has 0 aliphatic rings. The van der Waals surface area contributed by atoms with E-state index in [9.17, 15) is 18.0 Å². The summed E-state index contributed by atoms with van der Waals surface area (Å²) in [4.78, 5) is 26.4. The Bertz CT molecular complexity index is 1020. The molecule has 0 saturated heterocycles. The zero-order valence-electron chi connectivity index (χ0n) is 20.3. The summed E-state index contributed by atoms with van der Waals surface area (Å²) in [6, 6.07) is 5.44. The van der Waals surface area contributed by atoms with Crippen LogP contribution in [0.2, 0.25) is 0 Å². The predicted molar refractivity (Wildman–Crippen MR) is 129 cm³/mol. The van der Waals surface area contributed by atoms with Crippen LogP contribution in [-0.2, 0) is 19.6 Å². The second kappa shape index (κ2) is 12.2. The monoisotopic (exact) mass is 479 g/mol. The number of amides is 2. The molecule has 0 spiro atoms. The summed E-state index contributed by atoms with van der Waals surface area (Å²) in [5.41, 5.74) is 0.597. The van der Waals surface area contributed by atoms with Crippen molar-refractivity contribution in [1.82, 2.24) is 14.9 Å². The second-order valence-corrected chi connectivity index (χ2v) is 11.0. The first kappa shape index (κ1) is 26.9. The lowest BCUT2D eigenvalue weighted by Gasteiger charge is -2.30. The van der Waals surface area contributed by atoms with Gasteiger partial charge in [-0.25, -0.2) is 8.42 Å². The molecule has 1 aromatic heterocycles. The molecule has 2 amide bonds. The number of sulfonamides is 1. The number of unbranched alkanes of at least 4 members (excludes halogenated alkanes) is 1. The van der Waals surface area contributed by atoms with Crippen molar-refractivity contribution in [2.24, 2.45) is 11.8 Å². The van der Waals surface area contributed by atoms with Gasteiger partial charge in [0.05, 0.1) is 11.2 Å². The van der Waals surface area contributed by atoms with Gasteiger partial charge in [0, 0.05) is 31.9 Å². The van der Waals surface area contributed by atoms with Crippen LogP contribution in [0.15, 0.2) is 39.8 Å². The first-order valence-electron chi connectivity index (χ1n) is 11.5. The van der Waals surface area contributed by atoms with Crippen molar-refractivity contribution in [3.05, 3.63) is 30.5 Å². The van der Waals surface area contributed by atoms with Crippen molar-refractivity contribution in [1.29, 1.82) is 0 Å². The average Bonchev–Trinajstić information content (AvgIpc) is 3.18. The molecule has 0 fully saturated rings. The van der Waals surface area contributed by atoms with E-state index in [1.807, 2.05) is 27.7 Å². The summed E-state index contributed by atoms with van der Waals surface area (Å²) in [6.45, 7) is 11.2. The number of hydrogen-bond acceptors (Lipinski definition) is 5. The highest BCUT2D eigenvalue weighted by molar-refractivity contribution is 7.89. The van der Waals surface area contributed by atoms with Gasteiger partial charge in [-0.3, -0.25) is 9.59 Å². The Morgan fingerprint density at radius 3 is 2.30 bits per heavy atom. The summed E-state index contributed by atoms with van der Waals surface area (Å²) in [6.07, 6.45) is 3.10. The summed E-state index contributed by atoms with van der Waals surface area (Å²) < 4.78 is 34.3. The first-order chi connectivity index (χ1) is 15.5. The van der Waals surface area contributed by atoms with Crippen molar-refractivity contribution >= 4 is 32.8 Å². The van der Waals surface area contributed by atoms with E-state index in [0.29, 0.717) is 49.9 Å². The Labute approximate surface area is 197 Å². The van der Waals surface area contributed by atoms with Gasteiger partial charge in [0.25, 0.3) is 0 Å². The molecule has 0 unspecified atom stereocenters. The molecule has 2 rings (SSSR count). The Balaban J connectivity index is 2.23. The van der Waals surface area contributed by atoms with E-state index in [1.54, 1.807) is 23.1 Å². The molecule has 0 saturated carbocycles. The van der Waals surface area contributed by atoms with Crippen LogP contribution in [0.3, 0.4) is 0 Å². The molecule has 0 radical (unpaired) electrons. The minimum absolute atomic E-state index is 0.0896. The molecule has 184 valence electrons. The number of benzene rings is 1. The third-order valence-electron chi connectivity index (χ3n) is 5.11. The molecule has 0 aliphatic carbocycles. The fourth-order valence-corrected chi connectivity index (χ4v) is 4.95. The van der Waals surface area contributed by atoms with E-state index in [-0.39, 0.29) is 28.5 Å². The summed E-state index contributed by atoms with van der Waals surface area (Å²) >= 11 is 0. The molecule has 8 nitrogen and oxygen atoms in total. The topological polar surface area (TPSA) is 109 Å². The van der Waals surface area contributed by atoms with Crippen LogP contribution in [0, 0.1) is 11.8 Å². The number of fused-ring (bicyclic) bond motifs is 1. The molecule has 2 aromatic rings. The highest BCUT2D eigenvalue weighted by Crippen LogP contribution is 2.21. The van der Waals surface area contributed by atoms with Crippen LogP contribution >= 0.6 is 0 Å². The number of carbonyl (C=O) groups excluding carboxylic acids is 2. The minimum Gasteiger partial charge on any atom is -0.464 e. The van der Waals surface area contributed by atoms with E-state index >= 15 is 0 Å². The Hall–Kier alpha value is -2.39. The van der Waals surface area contributed by atoms with E-state index in [4.69, 9.17) is 4.42 Å². The van der Waals surface area contributed by atoms with Crippen LogP contribution in [0.25, 0.3) is 11.0 Å². The first-order valence-corrected chi connectivity index (χ1v) is 13.0. The standard InChI is InChI=1S/C24H37N3O5S/c1-17(2)15-27(16-18(3)4)24(29)22(8-6-7-12-25-19(5)28)26-33(30,31)21-9-10-23-20(14-21)11-13-32-23/h9-11,13-14,17-18,22,26H,6-8,12,15-16H2,1-5H3,(H,25,28)/t22-/m0/s1. The molecule has 0 aliphatic heterocycles. The molecular weight excluding hydrogens is 442 g/mol. The van der Waals surface area contributed by atoms with Gasteiger partial charge in [0.1, 0.15) is 11.6 Å². The highest BCUT2D eigenvalue weighted by atomic mass is 32.2. The van der Waals surface area contributed by atoms with Gasteiger partial charge in [-0.2, -0.15) is 4.72 Å². The van der Waals surface area contributed by atoms with Gasteiger partial charge in [-0.05, 0) is 55.4 Å². The molecule has 9 heteroatoms. The average molecular weight is 480 g/mol. The van der Waals surface area contributed by atoms with Crippen molar-refractivity contribution in [2.75, 3.05) is 19.6 Å². The van der Waals surface area contributed by atoms with Gasteiger partial charge in [-0.1, -0.05) is 27.7 Å². The molecule has 2 N–H and O–H groups in total. The summed E-state index contributed by atoms with van der Waals surface area (Å²) in [5.74, 6) is 0.185. The number of nitrogens with zero attached hydrogens (tertiary/aromatic N) is 1. The zero-order chi connectivity index (χ0) is 24.6. The lowest BCUT2D eigenvalue weighted by molar-refractivity contribution is -0.134. The minimum atomic E-state index is -3.93. The Morgan fingerprint density at radius 2 is 1.70 bits per heavy atom. The summed E-state index contributed by atoms with van der Waals surface area (Å²) in [7, 11) is -3.93. The highest BCUT2D eigenvalue weighted by Gasteiger charge is 2.30. The molecule has 1 heterocycles. The second-order valence-electron chi connectivity index (χ2n) is 9.30. The van der Waals surface area contributed by atoms with Crippen LogP contribution in [0.5, 0.6) is 0 Å². The molecular formula is C24H37N3O5S. The molecule has 33 heavy (non-hydrogen) atoms. The maximum Gasteiger partial charge on any atom is 0.241 e. The van der Waals surface area contributed by atoms with Crippen molar-refractivity contribution in [2.45, 2.75) is 64.8 Å². The van der Waals surface area contributed by atoms with E-state index in [1.165, 1.54) is 19.3 Å². The number of carbonyl (C=O) groups is 2. The van der Waals surface area contributed by atoms with Crippen LogP contribution in [-0.4, -0.2) is 50.8 Å². The Kier molecular flexibility index (Phi) is 9.91. The SMILES string of the molecule is CC(=O)NCCCC[C@H](NS(=O)(=O)c1ccc2occc2c1)C(=O)N(CC(C)C)CC(C)C. The lowest BCUT2D eigenvalue weighted by atomic mass is 10.1.